The van der Waals surface area contributed by atoms with Crippen molar-refractivity contribution in [1.29, 1.82) is 0 Å². The smallest absolute Gasteiger partial charge is 0.169 e. The molecule has 19 heavy (non-hydrogen) atoms. The number of unbranched alkanes of at least 4 members (excludes halogenated alkanes) is 2. The fourth-order valence-corrected chi connectivity index (χ4v) is 2.26. The number of carbonyl (C=O) groups excluding carboxylic acids is 1. The molecule has 1 rings (SSSR count). The lowest BCUT2D eigenvalue weighted by atomic mass is 9.93. The standard InChI is InChI=1S/C17H26O2/c1-5-7-8-9-13(3)17(18)15-11-10-14(6-2)12-16(15)19-4/h10-13H,5-9H2,1-4H3. The van der Waals surface area contributed by atoms with Crippen molar-refractivity contribution in [3.63, 3.8) is 0 Å². The highest BCUT2D eigenvalue weighted by molar-refractivity contribution is 6.00. The van der Waals surface area contributed by atoms with Crippen LogP contribution in [0.25, 0.3) is 0 Å². The maximum Gasteiger partial charge on any atom is 0.169 e. The van der Waals surface area contributed by atoms with Crippen molar-refractivity contribution in [3.8, 4) is 5.75 Å². The average molecular weight is 262 g/mol. The quantitative estimate of drug-likeness (QED) is 0.503. The van der Waals surface area contributed by atoms with Crippen LogP contribution in [0.15, 0.2) is 18.2 Å². The molecule has 0 heterocycles. The second-order valence-electron chi connectivity index (χ2n) is 5.15. The molecular formula is C17H26O2. The summed E-state index contributed by atoms with van der Waals surface area (Å²) in [4.78, 5) is 12.4. The second kappa shape index (κ2) is 7.98. The van der Waals surface area contributed by atoms with E-state index in [-0.39, 0.29) is 11.7 Å². The van der Waals surface area contributed by atoms with E-state index in [1.54, 1.807) is 7.11 Å². The van der Waals surface area contributed by atoms with Crippen LogP contribution in [0.3, 0.4) is 0 Å². The zero-order valence-electron chi connectivity index (χ0n) is 12.7. The van der Waals surface area contributed by atoms with E-state index < -0.39 is 0 Å². The fraction of sp³-hybridized carbons (Fsp3) is 0.588. The minimum Gasteiger partial charge on any atom is -0.496 e. The summed E-state index contributed by atoms with van der Waals surface area (Å²) >= 11 is 0. The molecule has 0 spiro atoms. The summed E-state index contributed by atoms with van der Waals surface area (Å²) in [6.07, 6.45) is 5.43. The first-order valence-corrected chi connectivity index (χ1v) is 7.35. The molecule has 0 aliphatic heterocycles. The molecule has 0 N–H and O–H groups in total. The van der Waals surface area contributed by atoms with Gasteiger partial charge >= 0.3 is 0 Å². The molecule has 0 saturated carbocycles. The highest BCUT2D eigenvalue weighted by Crippen LogP contribution is 2.25. The summed E-state index contributed by atoms with van der Waals surface area (Å²) in [7, 11) is 1.63. The predicted molar refractivity (Wildman–Crippen MR) is 80.0 cm³/mol. The maximum absolute atomic E-state index is 12.4. The molecular weight excluding hydrogens is 236 g/mol. The van der Waals surface area contributed by atoms with Crippen molar-refractivity contribution in [2.24, 2.45) is 5.92 Å². The Bertz CT molecular complexity index is 410. The topological polar surface area (TPSA) is 26.3 Å². The van der Waals surface area contributed by atoms with E-state index >= 15 is 0 Å². The highest BCUT2D eigenvalue weighted by atomic mass is 16.5. The summed E-state index contributed by atoms with van der Waals surface area (Å²) in [5, 5.41) is 0. The van der Waals surface area contributed by atoms with Crippen LogP contribution < -0.4 is 4.74 Å². The Kier molecular flexibility index (Phi) is 6.61. The van der Waals surface area contributed by atoms with Crippen LogP contribution in [0, 0.1) is 5.92 Å². The van der Waals surface area contributed by atoms with Gasteiger partial charge < -0.3 is 4.74 Å². The Morgan fingerprint density at radius 1 is 1.26 bits per heavy atom. The van der Waals surface area contributed by atoms with Gasteiger partial charge in [-0.3, -0.25) is 4.79 Å². The number of benzene rings is 1. The number of rotatable bonds is 8. The molecule has 0 amide bonds. The Balaban J connectivity index is 2.80. The maximum atomic E-state index is 12.4. The van der Waals surface area contributed by atoms with Gasteiger partial charge in [0, 0.05) is 5.92 Å². The van der Waals surface area contributed by atoms with Crippen molar-refractivity contribution in [3.05, 3.63) is 29.3 Å². The van der Waals surface area contributed by atoms with Gasteiger partial charge in [-0.2, -0.15) is 0 Å². The first-order chi connectivity index (χ1) is 9.13. The minimum atomic E-state index is 0.0768. The van der Waals surface area contributed by atoms with E-state index in [4.69, 9.17) is 4.74 Å². The SMILES string of the molecule is CCCCCC(C)C(=O)c1ccc(CC)cc1OC. The van der Waals surface area contributed by atoms with Crippen LogP contribution >= 0.6 is 0 Å². The Morgan fingerprint density at radius 2 is 2.00 bits per heavy atom. The number of methoxy groups -OCH3 is 1. The van der Waals surface area contributed by atoms with Gasteiger partial charge in [0.15, 0.2) is 5.78 Å². The van der Waals surface area contributed by atoms with E-state index in [9.17, 15) is 4.79 Å². The number of ketones is 1. The van der Waals surface area contributed by atoms with Crippen LogP contribution in [0.4, 0.5) is 0 Å². The van der Waals surface area contributed by atoms with Crippen LogP contribution in [-0.4, -0.2) is 12.9 Å². The van der Waals surface area contributed by atoms with E-state index in [0.29, 0.717) is 5.75 Å². The normalized spacial score (nSPS) is 12.2. The number of ether oxygens (including phenoxy) is 1. The van der Waals surface area contributed by atoms with Gasteiger partial charge in [0.25, 0.3) is 0 Å². The van der Waals surface area contributed by atoms with Crippen molar-refractivity contribution < 1.29 is 9.53 Å². The first kappa shape index (κ1) is 15.7. The van der Waals surface area contributed by atoms with Crippen molar-refractivity contribution in [1.82, 2.24) is 0 Å². The summed E-state index contributed by atoms with van der Waals surface area (Å²) in [5.41, 5.74) is 1.93. The summed E-state index contributed by atoms with van der Waals surface area (Å²) in [5.74, 6) is 0.996. The van der Waals surface area contributed by atoms with Crippen molar-refractivity contribution >= 4 is 5.78 Å². The van der Waals surface area contributed by atoms with E-state index in [1.165, 1.54) is 18.4 Å². The van der Waals surface area contributed by atoms with Gasteiger partial charge in [0.05, 0.1) is 12.7 Å². The van der Waals surface area contributed by atoms with Crippen molar-refractivity contribution in [2.45, 2.75) is 52.9 Å². The number of aryl methyl sites for hydroxylation is 1. The van der Waals surface area contributed by atoms with Gasteiger partial charge in [-0.05, 0) is 30.5 Å². The van der Waals surface area contributed by atoms with Crippen molar-refractivity contribution in [2.75, 3.05) is 7.11 Å². The van der Waals surface area contributed by atoms with Gasteiger partial charge in [-0.1, -0.05) is 46.1 Å². The minimum absolute atomic E-state index is 0.0768. The number of hydrogen-bond acceptors (Lipinski definition) is 2. The molecule has 1 unspecified atom stereocenters. The largest absolute Gasteiger partial charge is 0.496 e. The summed E-state index contributed by atoms with van der Waals surface area (Å²) in [6.45, 7) is 6.30. The lowest BCUT2D eigenvalue weighted by Gasteiger charge is -2.14. The third-order valence-electron chi connectivity index (χ3n) is 3.63. The van der Waals surface area contributed by atoms with Gasteiger partial charge in [-0.25, -0.2) is 0 Å². The molecule has 0 aliphatic rings. The summed E-state index contributed by atoms with van der Waals surface area (Å²) < 4.78 is 5.36. The fourth-order valence-electron chi connectivity index (χ4n) is 2.26. The predicted octanol–water partition coefficient (Wildman–Crippen LogP) is 4.66. The molecule has 0 aliphatic carbocycles. The molecule has 0 radical (unpaired) electrons. The molecule has 2 nitrogen and oxygen atoms in total. The highest BCUT2D eigenvalue weighted by Gasteiger charge is 2.18. The number of hydrogen-bond donors (Lipinski definition) is 0. The number of Topliss-reactive ketones (excluding diaryl/α,β-unsaturated/α-hetero) is 1. The van der Waals surface area contributed by atoms with E-state index in [0.717, 1.165) is 24.8 Å². The number of carbonyl (C=O) groups is 1. The summed E-state index contributed by atoms with van der Waals surface area (Å²) in [6, 6.07) is 5.91. The van der Waals surface area contributed by atoms with Gasteiger partial charge in [0.1, 0.15) is 5.75 Å². The molecule has 0 bridgehead atoms. The molecule has 0 saturated heterocycles. The third kappa shape index (κ3) is 4.38. The zero-order chi connectivity index (χ0) is 14.3. The third-order valence-corrected chi connectivity index (χ3v) is 3.63. The lowest BCUT2D eigenvalue weighted by molar-refractivity contribution is 0.0919. The lowest BCUT2D eigenvalue weighted by Crippen LogP contribution is -2.12. The van der Waals surface area contributed by atoms with Crippen LogP contribution in [0.5, 0.6) is 5.75 Å². The molecule has 0 aromatic heterocycles. The zero-order valence-corrected chi connectivity index (χ0v) is 12.7. The molecule has 106 valence electrons. The van der Waals surface area contributed by atoms with E-state index in [1.807, 2.05) is 25.1 Å². The molecule has 1 atom stereocenters. The van der Waals surface area contributed by atoms with Gasteiger partial charge in [0.2, 0.25) is 0 Å². The molecule has 2 heteroatoms. The van der Waals surface area contributed by atoms with Gasteiger partial charge in [-0.15, -0.1) is 0 Å². The first-order valence-electron chi connectivity index (χ1n) is 7.35. The van der Waals surface area contributed by atoms with Crippen LogP contribution in [0.2, 0.25) is 0 Å². The van der Waals surface area contributed by atoms with Crippen LogP contribution in [-0.2, 0) is 6.42 Å². The second-order valence-corrected chi connectivity index (χ2v) is 5.15. The average Bonchev–Trinajstić information content (AvgIpc) is 2.45. The molecule has 0 fully saturated rings. The Hall–Kier alpha value is -1.31. The molecule has 1 aromatic rings. The monoisotopic (exact) mass is 262 g/mol. The Labute approximate surface area is 117 Å². The van der Waals surface area contributed by atoms with E-state index in [2.05, 4.69) is 13.8 Å². The van der Waals surface area contributed by atoms with Crippen LogP contribution in [0.1, 0.15) is 62.4 Å². The Morgan fingerprint density at radius 3 is 2.58 bits per heavy atom. The molecule has 1 aromatic carbocycles.